The number of carbonyl (C=O) groups excluding carboxylic acids is 1. The van der Waals surface area contributed by atoms with Crippen LogP contribution in [0, 0.1) is 6.92 Å². The summed E-state index contributed by atoms with van der Waals surface area (Å²) >= 11 is 0. The highest BCUT2D eigenvalue weighted by molar-refractivity contribution is 5.85. The summed E-state index contributed by atoms with van der Waals surface area (Å²) in [5.74, 6) is 0.469. The predicted molar refractivity (Wildman–Crippen MR) is 125 cm³/mol. The number of nitrogens with one attached hydrogen (secondary N) is 1. The van der Waals surface area contributed by atoms with E-state index >= 15 is 0 Å². The number of pyridine rings is 1. The average Bonchev–Trinajstić information content (AvgIpc) is 3.13. The molecule has 0 aliphatic carbocycles. The first-order valence-electron chi connectivity index (χ1n) is 9.61. The molecule has 0 unspecified atom stereocenters. The Morgan fingerprint density at radius 3 is 2.45 bits per heavy atom. The lowest BCUT2D eigenvalue weighted by Gasteiger charge is -2.17. The number of rotatable bonds is 4. The number of nitrogens with two attached hydrogens (primary N) is 1. The minimum atomic E-state index is -0.291. The van der Waals surface area contributed by atoms with Crippen LogP contribution in [0.1, 0.15) is 22.7 Å². The summed E-state index contributed by atoms with van der Waals surface area (Å²) in [4.78, 5) is 38.5. The number of hydrogen-bond acceptors (Lipinski definition) is 5. The van der Waals surface area contributed by atoms with Crippen molar-refractivity contribution in [2.45, 2.75) is 25.3 Å². The molecule has 9 heteroatoms. The summed E-state index contributed by atoms with van der Waals surface area (Å²) in [6.45, 7) is 2.80. The Balaban J connectivity index is 0.00000171. The molecule has 31 heavy (non-hydrogen) atoms. The lowest BCUT2D eigenvalue weighted by Crippen LogP contribution is -2.34. The summed E-state index contributed by atoms with van der Waals surface area (Å²) in [5.41, 5.74) is 8.86. The summed E-state index contributed by atoms with van der Waals surface area (Å²) in [6, 6.07) is 13.4. The molecule has 164 valence electrons. The zero-order valence-corrected chi connectivity index (χ0v) is 18.7. The number of hydrogen-bond donors (Lipinski definition) is 2. The maximum absolute atomic E-state index is 12.9. The van der Waals surface area contributed by atoms with Crippen molar-refractivity contribution >= 4 is 30.7 Å². The lowest BCUT2D eigenvalue weighted by molar-refractivity contribution is -0.129. The second-order valence-corrected chi connectivity index (χ2v) is 7.37. The van der Waals surface area contributed by atoms with Crippen molar-refractivity contribution < 1.29 is 4.79 Å². The van der Waals surface area contributed by atoms with Crippen LogP contribution >= 0.6 is 24.8 Å². The van der Waals surface area contributed by atoms with Crippen LogP contribution in [-0.2, 0) is 11.2 Å². The van der Waals surface area contributed by atoms with E-state index in [9.17, 15) is 9.59 Å². The fourth-order valence-corrected chi connectivity index (χ4v) is 3.81. The summed E-state index contributed by atoms with van der Waals surface area (Å²) < 4.78 is 0. The largest absolute Gasteiger partial charge is 0.340 e. The molecule has 1 fully saturated rings. The van der Waals surface area contributed by atoms with E-state index in [1.165, 1.54) is 0 Å². The normalized spacial score (nSPS) is 17.5. The number of H-pyrrole nitrogens is 1. The molecule has 7 nitrogen and oxygen atoms in total. The number of carbonyl (C=O) groups is 1. The molecule has 0 saturated carbocycles. The molecule has 3 N–H and O–H groups in total. The van der Waals surface area contributed by atoms with Crippen LogP contribution in [0.3, 0.4) is 0 Å². The molecule has 2 atom stereocenters. The van der Waals surface area contributed by atoms with Crippen LogP contribution in [0.4, 0.5) is 0 Å². The van der Waals surface area contributed by atoms with Crippen LogP contribution in [0.15, 0.2) is 59.7 Å². The number of aromatic amines is 1. The van der Waals surface area contributed by atoms with Crippen LogP contribution in [-0.4, -0.2) is 44.9 Å². The van der Waals surface area contributed by atoms with Gasteiger partial charge in [0.1, 0.15) is 5.82 Å². The quantitative estimate of drug-likeness (QED) is 0.620. The second kappa shape index (κ2) is 10.5. The van der Waals surface area contributed by atoms with Gasteiger partial charge in [-0.25, -0.2) is 4.98 Å². The van der Waals surface area contributed by atoms with Gasteiger partial charge in [-0.15, -0.1) is 24.8 Å². The van der Waals surface area contributed by atoms with E-state index in [4.69, 9.17) is 5.73 Å². The summed E-state index contributed by atoms with van der Waals surface area (Å²) in [5, 5.41) is 0. The molecular formula is C22H25Cl2N5O2. The molecule has 4 rings (SSSR count). The van der Waals surface area contributed by atoms with Gasteiger partial charge in [0.2, 0.25) is 5.91 Å². The Morgan fingerprint density at radius 2 is 1.81 bits per heavy atom. The number of likely N-dealkylation sites (tertiary alicyclic amines) is 1. The van der Waals surface area contributed by atoms with Gasteiger partial charge < -0.3 is 15.6 Å². The Hall–Kier alpha value is -2.74. The highest BCUT2D eigenvalue weighted by Crippen LogP contribution is 2.26. The molecule has 0 bridgehead atoms. The summed E-state index contributed by atoms with van der Waals surface area (Å²) in [7, 11) is 0. The van der Waals surface area contributed by atoms with Crippen molar-refractivity contribution in [3.05, 3.63) is 82.0 Å². The smallest absolute Gasteiger partial charge is 0.255 e. The Kier molecular flexibility index (Phi) is 8.33. The number of halogens is 2. The standard InChI is InChI=1S/C22H23N5O2.2ClH/c1-14-17(22(29)26-21(25-14)16-7-9-24-10-8-16)11-20(28)27-12-18(19(23)13-27)15-5-3-2-4-6-15;;/h2-10,18-19H,11-13,23H2,1H3,(H,25,26,29);2*1H/t18-,19+;;/m0../s1. The molecule has 1 aliphatic heterocycles. The Morgan fingerprint density at radius 1 is 1.13 bits per heavy atom. The van der Waals surface area contributed by atoms with Crippen molar-refractivity contribution in [2.24, 2.45) is 5.73 Å². The first kappa shape index (κ1) is 24.5. The number of nitrogens with zero attached hydrogens (tertiary/aromatic N) is 3. The van der Waals surface area contributed by atoms with Crippen LogP contribution in [0.5, 0.6) is 0 Å². The number of aryl methyl sites for hydroxylation is 1. The molecule has 1 aliphatic rings. The summed E-state index contributed by atoms with van der Waals surface area (Å²) in [6.07, 6.45) is 3.29. The molecule has 1 saturated heterocycles. The highest BCUT2D eigenvalue weighted by atomic mass is 35.5. The van der Waals surface area contributed by atoms with Gasteiger partial charge in [-0.3, -0.25) is 14.6 Å². The van der Waals surface area contributed by atoms with E-state index < -0.39 is 0 Å². The third kappa shape index (κ3) is 5.31. The number of benzene rings is 1. The minimum absolute atomic E-state index is 0. The molecular weight excluding hydrogens is 437 g/mol. The van der Waals surface area contributed by atoms with Crippen molar-refractivity contribution in [2.75, 3.05) is 13.1 Å². The van der Waals surface area contributed by atoms with Gasteiger partial charge in [0.05, 0.1) is 6.42 Å². The van der Waals surface area contributed by atoms with E-state index in [1.54, 1.807) is 36.4 Å². The lowest BCUT2D eigenvalue weighted by atomic mass is 9.95. The molecule has 0 radical (unpaired) electrons. The SMILES string of the molecule is Cc1nc(-c2ccncc2)[nH]c(=O)c1CC(=O)N1C[C@@H](N)[C@H](c2ccccc2)C1.Cl.Cl. The highest BCUT2D eigenvalue weighted by Gasteiger charge is 2.34. The van der Waals surface area contributed by atoms with Crippen LogP contribution in [0.25, 0.3) is 11.4 Å². The maximum atomic E-state index is 12.9. The fraction of sp³-hybridized carbons (Fsp3) is 0.273. The van der Waals surface area contributed by atoms with Crippen molar-refractivity contribution in [1.82, 2.24) is 19.9 Å². The monoisotopic (exact) mass is 461 g/mol. The van der Waals surface area contributed by atoms with Gasteiger partial charge in [0.15, 0.2) is 0 Å². The van der Waals surface area contributed by atoms with Gasteiger partial charge >= 0.3 is 0 Å². The van der Waals surface area contributed by atoms with Crippen molar-refractivity contribution in [3.63, 3.8) is 0 Å². The second-order valence-electron chi connectivity index (χ2n) is 7.37. The van der Waals surface area contributed by atoms with Gasteiger partial charge in [-0.1, -0.05) is 30.3 Å². The molecule has 3 aromatic rings. The third-order valence-corrected chi connectivity index (χ3v) is 5.45. The maximum Gasteiger partial charge on any atom is 0.255 e. The topological polar surface area (TPSA) is 105 Å². The Labute approximate surface area is 192 Å². The number of aromatic nitrogens is 3. The number of amides is 1. The first-order chi connectivity index (χ1) is 14.0. The van der Waals surface area contributed by atoms with Gasteiger partial charge in [0, 0.05) is 54.3 Å². The van der Waals surface area contributed by atoms with Crippen molar-refractivity contribution in [1.29, 1.82) is 0 Å². The van der Waals surface area contributed by atoms with E-state index in [0.29, 0.717) is 30.2 Å². The van der Waals surface area contributed by atoms with E-state index in [-0.39, 0.29) is 54.7 Å². The van der Waals surface area contributed by atoms with E-state index in [1.807, 2.05) is 30.3 Å². The average molecular weight is 462 g/mol. The molecule has 3 heterocycles. The molecule has 2 aromatic heterocycles. The van der Waals surface area contributed by atoms with Crippen LogP contribution in [0.2, 0.25) is 0 Å². The van der Waals surface area contributed by atoms with Gasteiger partial charge in [0.25, 0.3) is 5.56 Å². The first-order valence-corrected chi connectivity index (χ1v) is 9.61. The molecule has 0 spiro atoms. The van der Waals surface area contributed by atoms with Crippen LogP contribution < -0.4 is 11.3 Å². The van der Waals surface area contributed by atoms with E-state index in [0.717, 1.165) is 11.1 Å². The zero-order chi connectivity index (χ0) is 20.4. The molecule has 1 aromatic carbocycles. The Bertz CT molecular complexity index is 1080. The van der Waals surface area contributed by atoms with Gasteiger partial charge in [-0.05, 0) is 24.6 Å². The predicted octanol–water partition coefficient (Wildman–Crippen LogP) is 2.48. The molecule has 1 amide bonds. The zero-order valence-electron chi connectivity index (χ0n) is 17.0. The minimum Gasteiger partial charge on any atom is -0.340 e. The fourth-order valence-electron chi connectivity index (χ4n) is 3.81. The van der Waals surface area contributed by atoms with Gasteiger partial charge in [-0.2, -0.15) is 0 Å². The van der Waals surface area contributed by atoms with Crippen molar-refractivity contribution in [3.8, 4) is 11.4 Å². The third-order valence-electron chi connectivity index (χ3n) is 5.45. The van der Waals surface area contributed by atoms with E-state index in [2.05, 4.69) is 15.0 Å².